The molecule has 1 N–H and O–H groups in total. The molecule has 0 spiro atoms. The summed E-state index contributed by atoms with van der Waals surface area (Å²) in [6.07, 6.45) is 1.81. The number of carbonyl (C=O) groups excluding carboxylic acids is 1. The summed E-state index contributed by atoms with van der Waals surface area (Å²) in [6, 6.07) is 11.5. The number of nitrogens with one attached hydrogen (secondary N) is 1. The Hall–Kier alpha value is -2.71. The number of thioether (sulfide) groups is 1. The lowest BCUT2D eigenvalue weighted by molar-refractivity contribution is 0.0937. The van der Waals surface area contributed by atoms with Gasteiger partial charge in [0.1, 0.15) is 5.82 Å². The number of rotatable bonds is 8. The lowest BCUT2D eigenvalue weighted by atomic mass is 10.1. The third kappa shape index (κ3) is 5.62. The number of hydrogen-bond acceptors (Lipinski definition) is 5. The van der Waals surface area contributed by atoms with Crippen LogP contribution in [0, 0.1) is 11.7 Å². The van der Waals surface area contributed by atoms with Crippen LogP contribution in [-0.4, -0.2) is 34.7 Å². The third-order valence-corrected chi connectivity index (χ3v) is 6.60. The number of fused-ring (bicyclic) bond motifs is 1. The van der Waals surface area contributed by atoms with E-state index in [1.165, 1.54) is 17.8 Å². The Labute approximate surface area is 196 Å². The Morgan fingerprint density at radius 2 is 2.12 bits per heavy atom. The number of aromatic nitrogens is 2. The summed E-state index contributed by atoms with van der Waals surface area (Å²) in [5.74, 6) is 0.184. The van der Waals surface area contributed by atoms with Crippen molar-refractivity contribution in [2.75, 3.05) is 13.2 Å². The van der Waals surface area contributed by atoms with Crippen molar-refractivity contribution < 1.29 is 13.9 Å². The van der Waals surface area contributed by atoms with Crippen LogP contribution in [0.4, 0.5) is 4.39 Å². The van der Waals surface area contributed by atoms with Crippen LogP contribution in [-0.2, 0) is 17.0 Å². The van der Waals surface area contributed by atoms with E-state index in [2.05, 4.69) is 5.32 Å². The molecule has 1 amide bonds. The molecule has 1 aliphatic rings. The highest BCUT2D eigenvalue weighted by atomic mass is 32.2. The van der Waals surface area contributed by atoms with Gasteiger partial charge >= 0.3 is 0 Å². The molecular formula is C25H28FN3O3S. The van der Waals surface area contributed by atoms with Gasteiger partial charge in [0, 0.05) is 24.5 Å². The predicted molar refractivity (Wildman–Crippen MR) is 128 cm³/mol. The van der Waals surface area contributed by atoms with Gasteiger partial charge in [0.25, 0.3) is 11.5 Å². The smallest absolute Gasteiger partial charge is 0.262 e. The van der Waals surface area contributed by atoms with E-state index in [4.69, 9.17) is 9.72 Å². The molecule has 1 unspecified atom stereocenters. The van der Waals surface area contributed by atoms with Crippen molar-refractivity contribution in [3.63, 3.8) is 0 Å². The van der Waals surface area contributed by atoms with Gasteiger partial charge < -0.3 is 10.1 Å². The molecule has 8 heteroatoms. The molecular weight excluding hydrogens is 441 g/mol. The first-order valence-electron chi connectivity index (χ1n) is 11.2. The molecule has 2 heterocycles. The molecule has 1 saturated heterocycles. The van der Waals surface area contributed by atoms with Crippen LogP contribution in [0.2, 0.25) is 0 Å². The van der Waals surface area contributed by atoms with Crippen LogP contribution in [0.5, 0.6) is 0 Å². The first kappa shape index (κ1) is 23.4. The number of ether oxygens (including phenoxy) is 1. The third-order valence-electron chi connectivity index (χ3n) is 5.58. The lowest BCUT2D eigenvalue weighted by Gasteiger charge is -2.17. The molecule has 1 aromatic heterocycles. The van der Waals surface area contributed by atoms with Crippen molar-refractivity contribution in [1.29, 1.82) is 0 Å². The summed E-state index contributed by atoms with van der Waals surface area (Å²) in [4.78, 5) is 30.6. The van der Waals surface area contributed by atoms with Gasteiger partial charge in [-0.1, -0.05) is 43.8 Å². The SMILES string of the molecule is CC(C)CNC(=O)c1ccc2c(=O)n(CC3CCCO3)c(SCc3ccccc3F)nc2c1. The average Bonchev–Trinajstić information content (AvgIpc) is 3.32. The number of nitrogens with zero attached hydrogens (tertiary/aromatic N) is 2. The molecule has 1 fully saturated rings. The molecule has 33 heavy (non-hydrogen) atoms. The van der Waals surface area contributed by atoms with Crippen LogP contribution in [0.1, 0.15) is 42.6 Å². The van der Waals surface area contributed by atoms with Crippen molar-refractivity contribution in [3.05, 3.63) is 69.8 Å². The van der Waals surface area contributed by atoms with Crippen LogP contribution in [0.15, 0.2) is 52.4 Å². The molecule has 0 aliphatic carbocycles. The fourth-order valence-corrected chi connectivity index (χ4v) is 4.76. The number of amides is 1. The minimum atomic E-state index is -0.289. The molecule has 1 aliphatic heterocycles. The first-order valence-corrected chi connectivity index (χ1v) is 12.2. The largest absolute Gasteiger partial charge is 0.376 e. The van der Waals surface area contributed by atoms with Gasteiger partial charge in [-0.2, -0.15) is 0 Å². The zero-order valence-electron chi connectivity index (χ0n) is 18.8. The van der Waals surface area contributed by atoms with Crippen LogP contribution >= 0.6 is 11.8 Å². The van der Waals surface area contributed by atoms with Crippen molar-refractivity contribution in [2.24, 2.45) is 5.92 Å². The van der Waals surface area contributed by atoms with Crippen molar-refractivity contribution >= 4 is 28.6 Å². The van der Waals surface area contributed by atoms with Crippen LogP contribution in [0.25, 0.3) is 10.9 Å². The van der Waals surface area contributed by atoms with E-state index in [1.54, 1.807) is 41.0 Å². The second-order valence-electron chi connectivity index (χ2n) is 8.66. The van der Waals surface area contributed by atoms with E-state index in [0.717, 1.165) is 12.8 Å². The highest BCUT2D eigenvalue weighted by Gasteiger charge is 2.21. The van der Waals surface area contributed by atoms with Crippen LogP contribution < -0.4 is 10.9 Å². The molecule has 0 saturated carbocycles. The summed E-state index contributed by atoms with van der Waals surface area (Å²) in [6.45, 7) is 5.71. The highest BCUT2D eigenvalue weighted by Crippen LogP contribution is 2.25. The van der Waals surface area contributed by atoms with E-state index in [0.29, 0.717) is 58.6 Å². The number of hydrogen-bond donors (Lipinski definition) is 1. The maximum Gasteiger partial charge on any atom is 0.262 e. The van der Waals surface area contributed by atoms with Crippen LogP contribution in [0.3, 0.4) is 0 Å². The van der Waals surface area contributed by atoms with Gasteiger partial charge in [0.2, 0.25) is 0 Å². The Bertz CT molecular complexity index is 1210. The summed E-state index contributed by atoms with van der Waals surface area (Å²) < 4.78 is 21.5. The number of carbonyl (C=O) groups is 1. The Balaban J connectivity index is 1.69. The number of benzene rings is 2. The minimum absolute atomic E-state index is 0.0455. The Morgan fingerprint density at radius 3 is 2.85 bits per heavy atom. The maximum atomic E-state index is 14.2. The quantitative estimate of drug-likeness (QED) is 0.391. The average molecular weight is 470 g/mol. The van der Waals surface area contributed by atoms with E-state index in [-0.39, 0.29) is 23.4 Å². The summed E-state index contributed by atoms with van der Waals surface area (Å²) in [5, 5.41) is 3.83. The normalized spacial score (nSPS) is 15.9. The maximum absolute atomic E-state index is 14.2. The molecule has 2 aromatic carbocycles. The van der Waals surface area contributed by atoms with Gasteiger partial charge in [-0.05, 0) is 48.6 Å². The van der Waals surface area contributed by atoms with Gasteiger partial charge in [0.05, 0.1) is 23.6 Å². The monoisotopic (exact) mass is 469 g/mol. The second-order valence-corrected chi connectivity index (χ2v) is 9.60. The topological polar surface area (TPSA) is 73.2 Å². The first-order chi connectivity index (χ1) is 15.9. The van der Waals surface area contributed by atoms with Gasteiger partial charge in [-0.25, -0.2) is 9.37 Å². The van der Waals surface area contributed by atoms with Gasteiger partial charge in [0.15, 0.2) is 5.16 Å². The molecule has 3 aromatic rings. The number of halogens is 1. The van der Waals surface area contributed by atoms with Gasteiger partial charge in [-0.3, -0.25) is 14.2 Å². The summed E-state index contributed by atoms with van der Waals surface area (Å²) in [7, 11) is 0. The molecule has 0 radical (unpaired) electrons. The van der Waals surface area contributed by atoms with Gasteiger partial charge in [-0.15, -0.1) is 0 Å². The molecule has 6 nitrogen and oxygen atoms in total. The zero-order valence-corrected chi connectivity index (χ0v) is 19.7. The lowest BCUT2D eigenvalue weighted by Crippen LogP contribution is -2.29. The molecule has 0 bridgehead atoms. The Kier molecular flexibility index (Phi) is 7.45. The van der Waals surface area contributed by atoms with E-state index in [1.807, 2.05) is 13.8 Å². The fourth-order valence-electron chi connectivity index (χ4n) is 3.76. The standard InChI is InChI=1S/C25H28FN3O3S/c1-16(2)13-27-23(30)17-9-10-20-22(12-17)28-25(33-15-18-6-3-4-8-21(18)26)29(24(20)31)14-19-7-5-11-32-19/h3-4,6,8-10,12,16,19H,5,7,11,13-15H2,1-2H3,(H,27,30). The predicted octanol–water partition coefficient (Wildman–Crippen LogP) is 4.39. The van der Waals surface area contributed by atoms with E-state index < -0.39 is 0 Å². The highest BCUT2D eigenvalue weighted by molar-refractivity contribution is 7.98. The molecule has 4 rings (SSSR count). The molecule has 174 valence electrons. The summed E-state index contributed by atoms with van der Waals surface area (Å²) >= 11 is 1.31. The van der Waals surface area contributed by atoms with Crippen molar-refractivity contribution in [3.8, 4) is 0 Å². The van der Waals surface area contributed by atoms with E-state index >= 15 is 0 Å². The van der Waals surface area contributed by atoms with Crippen molar-refractivity contribution in [2.45, 2.75) is 50.2 Å². The zero-order chi connectivity index (χ0) is 23.4. The fraction of sp³-hybridized carbons (Fsp3) is 0.400. The molecule has 1 atom stereocenters. The second kappa shape index (κ2) is 10.5. The minimum Gasteiger partial charge on any atom is -0.376 e. The Morgan fingerprint density at radius 1 is 1.30 bits per heavy atom. The van der Waals surface area contributed by atoms with Crippen molar-refractivity contribution in [1.82, 2.24) is 14.9 Å². The van der Waals surface area contributed by atoms with E-state index in [9.17, 15) is 14.0 Å². The summed E-state index contributed by atoms with van der Waals surface area (Å²) in [5.41, 5.74) is 1.27.